The Hall–Kier alpha value is -2.61. The molecule has 104 valence electrons. The van der Waals surface area contributed by atoms with Gasteiger partial charge in [-0.25, -0.2) is 8.42 Å². The summed E-state index contributed by atoms with van der Waals surface area (Å²) < 4.78 is 24.6. The van der Waals surface area contributed by atoms with E-state index in [-0.39, 0.29) is 0 Å². The second kappa shape index (κ2) is 4.82. The fraction of sp³-hybridized carbons (Fsp3) is 0. The third-order valence-corrected chi connectivity index (χ3v) is 4.39. The van der Waals surface area contributed by atoms with E-state index in [1.54, 1.807) is 0 Å². The molecule has 0 bridgehead atoms. The highest BCUT2D eigenvalue weighted by Crippen LogP contribution is 2.33. The topological polar surface area (TPSA) is 121 Å². The molecular weight excluding hydrogens is 286 g/mol. The molecule has 0 aliphatic rings. The van der Waals surface area contributed by atoms with E-state index in [0.29, 0.717) is 0 Å². The summed E-state index contributed by atoms with van der Waals surface area (Å²) in [4.78, 5) is 8.73. The second-order valence-corrected chi connectivity index (χ2v) is 5.75. The van der Waals surface area contributed by atoms with Crippen molar-refractivity contribution >= 4 is 15.5 Å². The molecule has 0 heterocycles. The first-order valence-electron chi connectivity index (χ1n) is 5.32. The first-order valence-corrected chi connectivity index (χ1v) is 6.81. The van der Waals surface area contributed by atoms with Gasteiger partial charge in [0, 0.05) is 6.07 Å². The summed E-state index contributed by atoms with van der Waals surface area (Å²) in [7, 11) is -4.38. The van der Waals surface area contributed by atoms with Crippen molar-refractivity contribution in [2.24, 2.45) is 0 Å². The number of hydrogen-bond acceptors (Lipinski definition) is 6. The van der Waals surface area contributed by atoms with Crippen molar-refractivity contribution in [3.05, 3.63) is 52.6 Å². The maximum atomic E-state index is 12.3. The third kappa shape index (κ3) is 2.28. The number of rotatable bonds is 3. The molecule has 0 aliphatic carbocycles. The Kier molecular flexibility index (Phi) is 3.33. The van der Waals surface area contributed by atoms with Crippen LogP contribution in [0.15, 0.2) is 52.3 Å². The minimum absolute atomic E-state index is 0.415. The van der Waals surface area contributed by atoms with E-state index in [2.05, 4.69) is 0 Å². The Bertz CT molecular complexity index is 784. The van der Waals surface area contributed by atoms with Crippen LogP contribution in [0, 0.1) is 10.1 Å². The summed E-state index contributed by atoms with van der Waals surface area (Å²) in [6.07, 6.45) is 0. The van der Waals surface area contributed by atoms with Gasteiger partial charge in [0.05, 0.1) is 9.82 Å². The smallest absolute Gasteiger partial charge is 0.288 e. The largest absolute Gasteiger partial charge is 0.872 e. The summed E-state index contributed by atoms with van der Waals surface area (Å²) in [6, 6.07) is 7.40. The van der Waals surface area contributed by atoms with Gasteiger partial charge < -0.3 is 10.2 Å². The van der Waals surface area contributed by atoms with Gasteiger partial charge in [0.25, 0.3) is 5.69 Å². The van der Waals surface area contributed by atoms with Gasteiger partial charge in [0.15, 0.2) is 0 Å². The van der Waals surface area contributed by atoms with Crippen molar-refractivity contribution in [3.8, 4) is 11.5 Å². The van der Waals surface area contributed by atoms with Gasteiger partial charge in [0.2, 0.25) is 9.84 Å². The fourth-order valence-corrected chi connectivity index (χ4v) is 3.18. The average Bonchev–Trinajstić information content (AvgIpc) is 2.41. The molecule has 0 aliphatic heterocycles. The van der Waals surface area contributed by atoms with Crippen LogP contribution in [0.25, 0.3) is 0 Å². The lowest BCUT2D eigenvalue weighted by Crippen LogP contribution is -2.08. The quantitative estimate of drug-likeness (QED) is 0.670. The first-order chi connectivity index (χ1) is 9.34. The summed E-state index contributed by atoms with van der Waals surface area (Å²) in [5, 5.41) is 31.8. The normalized spacial score (nSPS) is 11.2. The number of hydrogen-bond donors (Lipinski definition) is 1. The van der Waals surface area contributed by atoms with Crippen molar-refractivity contribution in [2.75, 3.05) is 0 Å². The van der Waals surface area contributed by atoms with Gasteiger partial charge in [0.1, 0.15) is 10.6 Å². The van der Waals surface area contributed by atoms with E-state index in [9.17, 15) is 28.7 Å². The molecule has 0 fully saturated rings. The molecule has 0 amide bonds. The standard InChI is InChI=1S/C12H9NO6S/c14-8-5-6-10(15)12(7-8)20(18,19)11-4-2-1-3-9(11)13(16)17/h1-7,14-15H/p-1. The molecule has 0 saturated carbocycles. The molecule has 7 nitrogen and oxygen atoms in total. The van der Waals surface area contributed by atoms with Crippen LogP contribution in [0.1, 0.15) is 0 Å². The third-order valence-electron chi connectivity index (χ3n) is 2.57. The summed E-state index contributed by atoms with van der Waals surface area (Å²) in [5.41, 5.74) is -0.629. The number of benzene rings is 2. The number of phenols is 1. The molecule has 0 spiro atoms. The van der Waals surface area contributed by atoms with Crippen LogP contribution in [-0.4, -0.2) is 18.4 Å². The molecule has 2 aromatic carbocycles. The minimum atomic E-state index is -4.38. The zero-order valence-electron chi connectivity index (χ0n) is 9.89. The van der Waals surface area contributed by atoms with E-state index >= 15 is 0 Å². The SMILES string of the molecule is O=[N+]([O-])c1ccccc1S(=O)(=O)c1cc(O)ccc1[O-]. The number of aromatic hydroxyl groups is 1. The molecular formula is C12H8NO6S-. The van der Waals surface area contributed by atoms with E-state index in [0.717, 1.165) is 30.3 Å². The molecule has 1 N–H and O–H groups in total. The zero-order valence-corrected chi connectivity index (χ0v) is 10.7. The van der Waals surface area contributed by atoms with Crippen molar-refractivity contribution < 1.29 is 23.6 Å². The Morgan fingerprint density at radius 3 is 2.35 bits per heavy atom. The molecule has 2 aromatic rings. The predicted octanol–water partition coefficient (Wildman–Crippen LogP) is 1.21. The number of phenolic OH excluding ortho intramolecular Hbond substituents is 1. The van der Waals surface area contributed by atoms with Gasteiger partial charge in [-0.15, -0.1) is 0 Å². The highest BCUT2D eigenvalue weighted by Gasteiger charge is 2.27. The Labute approximate surface area is 113 Å². The Morgan fingerprint density at radius 2 is 1.70 bits per heavy atom. The number of nitro groups is 1. The summed E-state index contributed by atoms with van der Waals surface area (Å²) in [5.74, 6) is -1.26. The first kappa shape index (κ1) is 13.8. The van der Waals surface area contributed by atoms with Crippen LogP contribution in [0.3, 0.4) is 0 Å². The van der Waals surface area contributed by atoms with Gasteiger partial charge >= 0.3 is 0 Å². The maximum absolute atomic E-state index is 12.3. The van der Waals surface area contributed by atoms with Gasteiger partial charge in [-0.3, -0.25) is 10.1 Å². The number of para-hydroxylation sites is 1. The lowest BCUT2D eigenvalue weighted by Gasteiger charge is -2.14. The second-order valence-electron chi connectivity index (χ2n) is 3.86. The molecule has 0 radical (unpaired) electrons. The maximum Gasteiger partial charge on any atom is 0.288 e. The van der Waals surface area contributed by atoms with Crippen molar-refractivity contribution in [3.63, 3.8) is 0 Å². The van der Waals surface area contributed by atoms with Crippen LogP contribution < -0.4 is 5.11 Å². The lowest BCUT2D eigenvalue weighted by molar-refractivity contribution is -0.387. The van der Waals surface area contributed by atoms with Crippen molar-refractivity contribution in [1.29, 1.82) is 0 Å². The molecule has 0 atom stereocenters. The van der Waals surface area contributed by atoms with E-state index < -0.39 is 41.7 Å². The van der Waals surface area contributed by atoms with E-state index in [1.165, 1.54) is 12.1 Å². The zero-order chi connectivity index (χ0) is 14.9. The minimum Gasteiger partial charge on any atom is -0.872 e. The highest BCUT2D eigenvalue weighted by atomic mass is 32.2. The van der Waals surface area contributed by atoms with Gasteiger partial charge in [-0.05, 0) is 18.2 Å². The average molecular weight is 294 g/mol. The Morgan fingerprint density at radius 1 is 1.05 bits per heavy atom. The number of nitro benzene ring substituents is 1. The molecule has 0 aromatic heterocycles. The van der Waals surface area contributed by atoms with E-state index in [1.807, 2.05) is 0 Å². The van der Waals surface area contributed by atoms with Crippen molar-refractivity contribution in [1.82, 2.24) is 0 Å². The van der Waals surface area contributed by atoms with Crippen molar-refractivity contribution in [2.45, 2.75) is 9.79 Å². The number of nitrogens with zero attached hydrogens (tertiary/aromatic N) is 1. The van der Waals surface area contributed by atoms with Crippen LogP contribution >= 0.6 is 0 Å². The van der Waals surface area contributed by atoms with Gasteiger partial charge in [-0.2, -0.15) is 0 Å². The molecule has 8 heteroatoms. The molecule has 2 rings (SSSR count). The molecule has 20 heavy (non-hydrogen) atoms. The van der Waals surface area contributed by atoms with Gasteiger partial charge in [-0.1, -0.05) is 23.9 Å². The number of sulfone groups is 1. The summed E-state index contributed by atoms with van der Waals surface area (Å²) in [6.45, 7) is 0. The fourth-order valence-electron chi connectivity index (χ4n) is 1.66. The molecule has 0 saturated heterocycles. The van der Waals surface area contributed by atoms with Crippen LogP contribution in [-0.2, 0) is 9.84 Å². The monoisotopic (exact) mass is 294 g/mol. The molecule has 0 unspecified atom stereocenters. The van der Waals surface area contributed by atoms with Crippen LogP contribution in [0.2, 0.25) is 0 Å². The van der Waals surface area contributed by atoms with E-state index in [4.69, 9.17) is 0 Å². The predicted molar refractivity (Wildman–Crippen MR) is 66.1 cm³/mol. The lowest BCUT2D eigenvalue weighted by atomic mass is 10.3. The van der Waals surface area contributed by atoms with Crippen LogP contribution in [0.5, 0.6) is 11.5 Å². The highest BCUT2D eigenvalue weighted by molar-refractivity contribution is 7.91. The summed E-state index contributed by atoms with van der Waals surface area (Å²) >= 11 is 0. The van der Waals surface area contributed by atoms with Crippen LogP contribution in [0.4, 0.5) is 5.69 Å². The Balaban J connectivity index is 2.74.